The molecule has 2 atom stereocenters. The standard InChI is InChI=1S/C18H22N2O4/c1-24-13-8-6-12(7-9-13)19-16(21)10-11-20-17(22)14-4-2-3-5-15(14)18(20)23/h6-9,14-15H,2-5,10-11H2,1H3,(H,19,21). The average molecular weight is 330 g/mol. The first-order valence-corrected chi connectivity index (χ1v) is 8.39. The van der Waals surface area contributed by atoms with E-state index in [2.05, 4.69) is 5.32 Å². The van der Waals surface area contributed by atoms with E-state index >= 15 is 0 Å². The van der Waals surface area contributed by atoms with Crippen LogP contribution in [0.5, 0.6) is 5.75 Å². The van der Waals surface area contributed by atoms with Gasteiger partial charge in [0.15, 0.2) is 0 Å². The minimum Gasteiger partial charge on any atom is -0.497 e. The van der Waals surface area contributed by atoms with Gasteiger partial charge in [0.2, 0.25) is 17.7 Å². The Balaban J connectivity index is 1.54. The van der Waals surface area contributed by atoms with Crippen LogP contribution in [0.1, 0.15) is 32.1 Å². The molecule has 3 amide bonds. The molecule has 2 aliphatic rings. The molecule has 2 fully saturated rings. The van der Waals surface area contributed by atoms with Crippen molar-refractivity contribution >= 4 is 23.4 Å². The van der Waals surface area contributed by atoms with Crippen molar-refractivity contribution in [2.24, 2.45) is 11.8 Å². The molecule has 1 aromatic rings. The Kier molecular flexibility index (Phi) is 4.83. The van der Waals surface area contributed by atoms with Crippen molar-refractivity contribution < 1.29 is 19.1 Å². The average Bonchev–Trinajstić information content (AvgIpc) is 2.85. The number of anilines is 1. The molecule has 1 N–H and O–H groups in total. The molecule has 0 spiro atoms. The second-order valence-electron chi connectivity index (χ2n) is 6.35. The van der Waals surface area contributed by atoms with Crippen LogP contribution in [-0.2, 0) is 14.4 Å². The fourth-order valence-corrected chi connectivity index (χ4v) is 3.56. The first-order chi connectivity index (χ1) is 11.6. The summed E-state index contributed by atoms with van der Waals surface area (Å²) < 4.78 is 5.06. The smallest absolute Gasteiger partial charge is 0.233 e. The van der Waals surface area contributed by atoms with Crippen LogP contribution in [0.25, 0.3) is 0 Å². The zero-order valence-corrected chi connectivity index (χ0v) is 13.8. The number of methoxy groups -OCH3 is 1. The van der Waals surface area contributed by atoms with Crippen LogP contribution in [0.4, 0.5) is 5.69 Å². The van der Waals surface area contributed by atoms with Crippen molar-refractivity contribution in [3.05, 3.63) is 24.3 Å². The van der Waals surface area contributed by atoms with Gasteiger partial charge in [0, 0.05) is 18.7 Å². The monoisotopic (exact) mass is 330 g/mol. The minimum absolute atomic E-state index is 0.0954. The molecule has 128 valence electrons. The normalized spacial score (nSPS) is 23.1. The van der Waals surface area contributed by atoms with Gasteiger partial charge in [0.1, 0.15) is 5.75 Å². The number of carbonyl (C=O) groups is 3. The van der Waals surface area contributed by atoms with Crippen LogP contribution in [0, 0.1) is 11.8 Å². The van der Waals surface area contributed by atoms with E-state index in [0.717, 1.165) is 25.7 Å². The predicted molar refractivity (Wildman–Crippen MR) is 88.4 cm³/mol. The number of rotatable bonds is 5. The van der Waals surface area contributed by atoms with Crippen molar-refractivity contribution in [3.8, 4) is 5.75 Å². The Labute approximate surface area is 141 Å². The molecule has 1 heterocycles. The third kappa shape index (κ3) is 3.27. The molecule has 0 bridgehead atoms. The van der Waals surface area contributed by atoms with Gasteiger partial charge in [-0.25, -0.2) is 0 Å². The molecule has 1 saturated carbocycles. The molecule has 0 aromatic heterocycles. The van der Waals surface area contributed by atoms with Gasteiger partial charge < -0.3 is 10.1 Å². The number of carbonyl (C=O) groups excluding carboxylic acids is 3. The number of imide groups is 1. The quantitative estimate of drug-likeness (QED) is 0.840. The summed E-state index contributed by atoms with van der Waals surface area (Å²) >= 11 is 0. The molecule has 6 nitrogen and oxygen atoms in total. The zero-order chi connectivity index (χ0) is 17.1. The predicted octanol–water partition coefficient (Wildman–Crippen LogP) is 2.20. The van der Waals surface area contributed by atoms with Gasteiger partial charge in [-0.05, 0) is 37.1 Å². The summed E-state index contributed by atoms with van der Waals surface area (Å²) in [6.07, 6.45) is 3.72. The second-order valence-corrected chi connectivity index (χ2v) is 6.35. The van der Waals surface area contributed by atoms with E-state index in [4.69, 9.17) is 4.74 Å². The van der Waals surface area contributed by atoms with E-state index in [0.29, 0.717) is 11.4 Å². The summed E-state index contributed by atoms with van der Waals surface area (Å²) in [6, 6.07) is 7.01. The van der Waals surface area contributed by atoms with Crippen molar-refractivity contribution in [3.63, 3.8) is 0 Å². The molecule has 3 rings (SSSR count). The van der Waals surface area contributed by atoms with E-state index in [1.807, 2.05) is 0 Å². The van der Waals surface area contributed by atoms with Gasteiger partial charge in [0.05, 0.1) is 18.9 Å². The van der Waals surface area contributed by atoms with Crippen LogP contribution in [0.15, 0.2) is 24.3 Å². The lowest BCUT2D eigenvalue weighted by Crippen LogP contribution is -2.34. The van der Waals surface area contributed by atoms with Gasteiger partial charge in [-0.15, -0.1) is 0 Å². The highest BCUT2D eigenvalue weighted by Crippen LogP contribution is 2.37. The van der Waals surface area contributed by atoms with Crippen LogP contribution >= 0.6 is 0 Å². The summed E-state index contributed by atoms with van der Waals surface area (Å²) in [4.78, 5) is 38.0. The van der Waals surface area contributed by atoms with Gasteiger partial charge in [-0.1, -0.05) is 12.8 Å². The zero-order valence-electron chi connectivity index (χ0n) is 13.8. The maximum atomic E-state index is 12.4. The molecule has 1 aromatic carbocycles. The van der Waals surface area contributed by atoms with Crippen molar-refractivity contribution in [2.75, 3.05) is 19.0 Å². The molecular weight excluding hydrogens is 308 g/mol. The van der Waals surface area contributed by atoms with E-state index in [1.165, 1.54) is 4.90 Å². The molecule has 1 saturated heterocycles. The Morgan fingerprint density at radius 1 is 1.12 bits per heavy atom. The van der Waals surface area contributed by atoms with Gasteiger partial charge in [-0.2, -0.15) is 0 Å². The highest BCUT2D eigenvalue weighted by atomic mass is 16.5. The summed E-state index contributed by atoms with van der Waals surface area (Å²) in [5.74, 6) is -0.00445. The van der Waals surface area contributed by atoms with Gasteiger partial charge in [0.25, 0.3) is 0 Å². The number of amides is 3. The SMILES string of the molecule is COc1ccc(NC(=O)CCN2C(=O)C3CCCCC3C2=O)cc1. The van der Waals surface area contributed by atoms with Crippen molar-refractivity contribution in [1.29, 1.82) is 0 Å². The van der Waals surface area contributed by atoms with Crippen LogP contribution in [-0.4, -0.2) is 36.3 Å². The number of fused-ring (bicyclic) bond motifs is 1. The lowest BCUT2D eigenvalue weighted by Gasteiger charge is -2.19. The lowest BCUT2D eigenvalue weighted by molar-refractivity contribution is -0.140. The highest BCUT2D eigenvalue weighted by Gasteiger charge is 2.47. The summed E-state index contributed by atoms with van der Waals surface area (Å²) in [5.41, 5.74) is 0.661. The maximum absolute atomic E-state index is 12.4. The molecule has 1 aliphatic carbocycles. The van der Waals surface area contributed by atoms with E-state index in [1.54, 1.807) is 31.4 Å². The van der Waals surface area contributed by atoms with E-state index in [-0.39, 0.29) is 42.5 Å². The maximum Gasteiger partial charge on any atom is 0.233 e. The fraction of sp³-hybridized carbons (Fsp3) is 0.500. The molecular formula is C18H22N2O4. The molecule has 24 heavy (non-hydrogen) atoms. The Bertz CT molecular complexity index is 617. The lowest BCUT2D eigenvalue weighted by atomic mass is 9.81. The van der Waals surface area contributed by atoms with Crippen LogP contribution in [0.3, 0.4) is 0 Å². The summed E-state index contributed by atoms with van der Waals surface area (Å²) in [7, 11) is 1.58. The van der Waals surface area contributed by atoms with Crippen molar-refractivity contribution in [2.45, 2.75) is 32.1 Å². The summed E-state index contributed by atoms with van der Waals surface area (Å²) in [5, 5.41) is 2.77. The van der Waals surface area contributed by atoms with E-state index in [9.17, 15) is 14.4 Å². The number of likely N-dealkylation sites (tertiary alicyclic amines) is 1. The molecule has 0 radical (unpaired) electrons. The van der Waals surface area contributed by atoms with Crippen LogP contribution in [0.2, 0.25) is 0 Å². The minimum atomic E-state index is -0.212. The molecule has 1 aliphatic heterocycles. The molecule has 6 heteroatoms. The Morgan fingerprint density at radius 2 is 1.71 bits per heavy atom. The number of ether oxygens (including phenoxy) is 1. The van der Waals surface area contributed by atoms with Crippen LogP contribution < -0.4 is 10.1 Å². The second kappa shape index (κ2) is 7.03. The third-order valence-electron chi connectivity index (χ3n) is 4.87. The topological polar surface area (TPSA) is 75.7 Å². The van der Waals surface area contributed by atoms with Gasteiger partial charge in [-0.3, -0.25) is 19.3 Å². The van der Waals surface area contributed by atoms with Crippen molar-refractivity contribution in [1.82, 2.24) is 4.90 Å². The van der Waals surface area contributed by atoms with E-state index < -0.39 is 0 Å². The third-order valence-corrected chi connectivity index (χ3v) is 4.87. The Hall–Kier alpha value is -2.37. The first-order valence-electron chi connectivity index (χ1n) is 8.39. The first kappa shape index (κ1) is 16.5. The summed E-state index contributed by atoms with van der Waals surface area (Å²) in [6.45, 7) is 0.159. The Morgan fingerprint density at radius 3 is 2.25 bits per heavy atom. The fourth-order valence-electron chi connectivity index (χ4n) is 3.56. The number of nitrogens with zero attached hydrogens (tertiary/aromatic N) is 1. The largest absolute Gasteiger partial charge is 0.497 e. The number of hydrogen-bond donors (Lipinski definition) is 1. The number of hydrogen-bond acceptors (Lipinski definition) is 4. The number of nitrogens with one attached hydrogen (secondary N) is 1. The molecule has 2 unspecified atom stereocenters. The van der Waals surface area contributed by atoms with Gasteiger partial charge >= 0.3 is 0 Å². The number of benzene rings is 1. The highest BCUT2D eigenvalue weighted by molar-refractivity contribution is 6.05.